The molecule has 0 atom stereocenters. The molecule has 0 bridgehead atoms. The van der Waals surface area contributed by atoms with E-state index in [-0.39, 0.29) is 5.82 Å². The number of hydrogen-bond acceptors (Lipinski definition) is 2. The molecule has 0 heterocycles. The molecule has 1 aromatic carbocycles. The summed E-state index contributed by atoms with van der Waals surface area (Å²) in [6.07, 6.45) is 0. The summed E-state index contributed by atoms with van der Waals surface area (Å²) in [5.41, 5.74) is -0.619. The van der Waals surface area contributed by atoms with Gasteiger partial charge in [-0.3, -0.25) is 4.79 Å². The molecule has 19 heavy (non-hydrogen) atoms. The highest BCUT2D eigenvalue weighted by molar-refractivity contribution is 9.10. The van der Waals surface area contributed by atoms with Crippen molar-refractivity contribution in [1.82, 2.24) is 5.32 Å². The van der Waals surface area contributed by atoms with E-state index >= 15 is 0 Å². The molecule has 0 spiro atoms. The lowest BCUT2D eigenvalue weighted by Crippen LogP contribution is -2.54. The highest BCUT2D eigenvalue weighted by Gasteiger charge is 2.42. The summed E-state index contributed by atoms with van der Waals surface area (Å²) in [7, 11) is 0. The molecule has 0 unspecified atom stereocenters. The van der Waals surface area contributed by atoms with Crippen LogP contribution in [0.25, 0.3) is 0 Å². The Labute approximate surface area is 121 Å². The molecule has 0 aliphatic rings. The lowest BCUT2D eigenvalue weighted by Gasteiger charge is -2.39. The maximum absolute atomic E-state index is 13.1. The van der Waals surface area contributed by atoms with Crippen molar-refractivity contribution >= 4 is 21.9 Å². The van der Waals surface area contributed by atoms with Crippen molar-refractivity contribution in [2.75, 3.05) is 0 Å². The fraction of sp³-hybridized carbons (Fsp3) is 0.500. The van der Waals surface area contributed by atoms with E-state index in [0.29, 0.717) is 11.0 Å². The molecule has 0 aliphatic heterocycles. The number of carboxylic acids is 1. The molecule has 0 saturated heterocycles. The van der Waals surface area contributed by atoms with Gasteiger partial charge in [-0.25, -0.2) is 4.39 Å². The van der Waals surface area contributed by atoms with Gasteiger partial charge in [-0.1, -0.05) is 6.07 Å². The molecule has 0 aliphatic carbocycles. The summed E-state index contributed by atoms with van der Waals surface area (Å²) >= 11 is 3.13. The van der Waals surface area contributed by atoms with Gasteiger partial charge in [0.15, 0.2) is 0 Å². The summed E-state index contributed by atoms with van der Waals surface area (Å²) in [6.45, 7) is 7.54. The Kier molecular flexibility index (Phi) is 4.74. The van der Waals surface area contributed by atoms with Crippen LogP contribution in [-0.2, 0) is 11.3 Å². The maximum atomic E-state index is 13.1. The number of carboxylic acid groups (broad SMARTS) is 1. The van der Waals surface area contributed by atoms with Gasteiger partial charge >= 0.3 is 5.97 Å². The van der Waals surface area contributed by atoms with E-state index in [1.807, 2.05) is 13.8 Å². The normalized spacial score (nSPS) is 12.5. The van der Waals surface area contributed by atoms with Crippen LogP contribution < -0.4 is 5.32 Å². The van der Waals surface area contributed by atoms with Crippen molar-refractivity contribution in [2.45, 2.75) is 39.8 Å². The van der Waals surface area contributed by atoms with Gasteiger partial charge in [-0.05, 0) is 61.3 Å². The fourth-order valence-corrected chi connectivity index (χ4v) is 1.89. The number of rotatable bonds is 5. The molecule has 2 N–H and O–H groups in total. The van der Waals surface area contributed by atoms with Crippen molar-refractivity contribution in [3.63, 3.8) is 0 Å². The molecular weight excluding hydrogens is 313 g/mol. The van der Waals surface area contributed by atoms with Crippen molar-refractivity contribution in [3.05, 3.63) is 34.1 Å². The fourth-order valence-electron chi connectivity index (χ4n) is 1.46. The first-order valence-electron chi connectivity index (χ1n) is 6.00. The number of aliphatic carboxylic acids is 1. The predicted molar refractivity (Wildman–Crippen MR) is 76.4 cm³/mol. The zero-order valence-corrected chi connectivity index (χ0v) is 13.1. The molecule has 0 saturated carbocycles. The molecule has 0 fully saturated rings. The largest absolute Gasteiger partial charge is 0.481 e. The summed E-state index contributed by atoms with van der Waals surface area (Å²) in [4.78, 5) is 11.3. The molecule has 106 valence electrons. The third kappa shape index (κ3) is 3.54. The zero-order chi connectivity index (χ0) is 14.8. The Morgan fingerprint density at radius 1 is 1.37 bits per heavy atom. The highest BCUT2D eigenvalue weighted by atomic mass is 79.9. The van der Waals surface area contributed by atoms with E-state index in [4.69, 9.17) is 0 Å². The molecule has 5 heteroatoms. The van der Waals surface area contributed by atoms with Crippen LogP contribution in [0.1, 0.15) is 33.3 Å². The first kappa shape index (κ1) is 16.1. The van der Waals surface area contributed by atoms with Crippen LogP contribution in [0.4, 0.5) is 4.39 Å². The minimum absolute atomic E-state index is 0.311. The standard InChI is InChI=1S/C14H19BrFNO2/c1-13(2,12(18)19)14(3,4)17-8-9-5-6-11(16)10(15)7-9/h5-7,17H,8H2,1-4H3,(H,18,19). The number of nitrogens with one attached hydrogen (secondary N) is 1. The molecule has 0 aromatic heterocycles. The van der Waals surface area contributed by atoms with Crippen LogP contribution in [0.3, 0.4) is 0 Å². The first-order valence-corrected chi connectivity index (χ1v) is 6.79. The lowest BCUT2D eigenvalue weighted by molar-refractivity contribution is -0.151. The third-order valence-electron chi connectivity index (χ3n) is 3.82. The first-order chi connectivity index (χ1) is 8.58. The molecule has 0 amide bonds. The predicted octanol–water partition coefficient (Wildman–Crippen LogP) is 3.57. The minimum atomic E-state index is -0.912. The highest BCUT2D eigenvalue weighted by Crippen LogP contribution is 2.31. The van der Waals surface area contributed by atoms with Gasteiger partial charge in [-0.2, -0.15) is 0 Å². The van der Waals surface area contributed by atoms with E-state index in [1.165, 1.54) is 6.07 Å². The molecule has 0 radical (unpaired) electrons. The van der Waals surface area contributed by atoms with E-state index in [1.54, 1.807) is 26.0 Å². The smallest absolute Gasteiger partial charge is 0.310 e. The Morgan fingerprint density at radius 2 is 1.95 bits per heavy atom. The molecule has 1 aromatic rings. The number of carbonyl (C=O) groups is 1. The molecule has 1 rings (SSSR count). The van der Waals surface area contributed by atoms with E-state index < -0.39 is 16.9 Å². The van der Waals surface area contributed by atoms with Gasteiger partial charge in [0.05, 0.1) is 9.89 Å². The molecular formula is C14H19BrFNO2. The van der Waals surface area contributed by atoms with Crippen molar-refractivity contribution in [1.29, 1.82) is 0 Å². The Bertz CT molecular complexity index is 486. The van der Waals surface area contributed by atoms with Crippen molar-refractivity contribution in [2.24, 2.45) is 5.41 Å². The topological polar surface area (TPSA) is 49.3 Å². The summed E-state index contributed by atoms with van der Waals surface area (Å²) in [5, 5.41) is 12.5. The maximum Gasteiger partial charge on any atom is 0.310 e. The van der Waals surface area contributed by atoms with Crippen molar-refractivity contribution in [3.8, 4) is 0 Å². The lowest BCUT2D eigenvalue weighted by atomic mass is 9.74. The average molecular weight is 332 g/mol. The second-order valence-corrected chi connectivity index (χ2v) is 6.51. The Hall–Kier alpha value is -0.940. The Balaban J connectivity index is 2.80. The molecule has 3 nitrogen and oxygen atoms in total. The third-order valence-corrected chi connectivity index (χ3v) is 4.42. The van der Waals surface area contributed by atoms with Crippen LogP contribution in [0, 0.1) is 11.2 Å². The van der Waals surface area contributed by atoms with Crippen LogP contribution in [-0.4, -0.2) is 16.6 Å². The van der Waals surface area contributed by atoms with Crippen LogP contribution in [0.5, 0.6) is 0 Å². The minimum Gasteiger partial charge on any atom is -0.481 e. The zero-order valence-electron chi connectivity index (χ0n) is 11.6. The van der Waals surface area contributed by atoms with E-state index in [9.17, 15) is 14.3 Å². The Morgan fingerprint density at radius 3 is 2.42 bits per heavy atom. The van der Waals surface area contributed by atoms with Gasteiger partial charge < -0.3 is 10.4 Å². The number of halogens is 2. The number of hydrogen-bond donors (Lipinski definition) is 2. The monoisotopic (exact) mass is 331 g/mol. The van der Waals surface area contributed by atoms with Gasteiger partial charge in [0.2, 0.25) is 0 Å². The summed E-state index contributed by atoms with van der Waals surface area (Å²) in [6, 6.07) is 4.75. The summed E-state index contributed by atoms with van der Waals surface area (Å²) < 4.78 is 13.5. The van der Waals surface area contributed by atoms with Crippen LogP contribution in [0.2, 0.25) is 0 Å². The summed E-state index contributed by atoms with van der Waals surface area (Å²) in [5.74, 6) is -1.17. The average Bonchev–Trinajstić information content (AvgIpc) is 2.30. The van der Waals surface area contributed by atoms with E-state index in [2.05, 4.69) is 21.2 Å². The van der Waals surface area contributed by atoms with Crippen molar-refractivity contribution < 1.29 is 14.3 Å². The van der Waals surface area contributed by atoms with Gasteiger partial charge in [0.25, 0.3) is 0 Å². The SMILES string of the molecule is CC(C)(NCc1ccc(F)c(Br)c1)C(C)(C)C(=O)O. The second kappa shape index (κ2) is 5.59. The van der Waals surface area contributed by atoms with Gasteiger partial charge in [0.1, 0.15) is 5.82 Å². The van der Waals surface area contributed by atoms with Gasteiger partial charge in [-0.15, -0.1) is 0 Å². The van der Waals surface area contributed by atoms with Gasteiger partial charge in [0, 0.05) is 12.1 Å². The second-order valence-electron chi connectivity index (χ2n) is 5.66. The van der Waals surface area contributed by atoms with Crippen LogP contribution in [0.15, 0.2) is 22.7 Å². The number of benzene rings is 1. The quantitative estimate of drug-likeness (QED) is 0.867. The van der Waals surface area contributed by atoms with E-state index in [0.717, 1.165) is 5.56 Å². The van der Waals surface area contributed by atoms with Crippen LogP contribution >= 0.6 is 15.9 Å².